The summed E-state index contributed by atoms with van der Waals surface area (Å²) in [5.74, 6) is 0. The van der Waals surface area contributed by atoms with Crippen LogP contribution in [0.2, 0.25) is 5.02 Å². The molecule has 80 valence electrons. The number of amidine groups is 1. The molecule has 0 spiro atoms. The van der Waals surface area contributed by atoms with Crippen LogP contribution in [0.15, 0.2) is 34.5 Å². The summed E-state index contributed by atoms with van der Waals surface area (Å²) in [5, 5.41) is 7.03. The Morgan fingerprint density at radius 3 is 2.60 bits per heavy atom. The predicted octanol–water partition coefficient (Wildman–Crippen LogP) is 1.21. The fourth-order valence-corrected chi connectivity index (χ4v) is 0.979. The third kappa shape index (κ3) is 4.20. The molecule has 3 N–H and O–H groups in total. The maximum Gasteiger partial charge on any atom is 0.238 e. The number of nitrogens with zero attached hydrogens (tertiary/aromatic N) is 2. The number of hydrogen-bond acceptors (Lipinski definition) is 3. The Kier molecular flexibility index (Phi) is 4.41. The molecule has 1 aromatic rings. The van der Waals surface area contributed by atoms with Crippen molar-refractivity contribution >= 4 is 34.1 Å². The molecule has 0 heterocycles. The number of hydrogen-bond donors (Lipinski definition) is 2. The van der Waals surface area contributed by atoms with Crippen molar-refractivity contribution < 1.29 is 8.76 Å². The Bertz CT molecular complexity index is 416. The van der Waals surface area contributed by atoms with Crippen molar-refractivity contribution in [2.75, 3.05) is 0 Å². The van der Waals surface area contributed by atoms with Crippen LogP contribution in [0.1, 0.15) is 5.56 Å². The van der Waals surface area contributed by atoms with E-state index in [-0.39, 0.29) is 0 Å². The van der Waals surface area contributed by atoms with E-state index in [0.717, 1.165) is 5.56 Å². The molecule has 0 saturated heterocycles. The van der Waals surface area contributed by atoms with Crippen LogP contribution in [0, 0.1) is 0 Å². The van der Waals surface area contributed by atoms with Gasteiger partial charge in [-0.2, -0.15) is 5.10 Å². The van der Waals surface area contributed by atoms with Crippen LogP contribution in [0.5, 0.6) is 0 Å². The van der Waals surface area contributed by atoms with Crippen molar-refractivity contribution in [3.8, 4) is 0 Å². The van der Waals surface area contributed by atoms with E-state index in [9.17, 15) is 4.21 Å². The van der Waals surface area contributed by atoms with Crippen molar-refractivity contribution in [2.24, 2.45) is 15.9 Å². The Morgan fingerprint density at radius 1 is 1.47 bits per heavy atom. The summed E-state index contributed by atoms with van der Waals surface area (Å²) in [6.07, 6.45) is 1.40. The maximum absolute atomic E-state index is 10.4. The molecule has 1 unspecified atom stereocenters. The molecular formula is C8H8ClN3O2S. The lowest BCUT2D eigenvalue weighted by molar-refractivity contribution is 0.576. The van der Waals surface area contributed by atoms with Gasteiger partial charge in [-0.1, -0.05) is 23.7 Å². The molecule has 7 heteroatoms. The van der Waals surface area contributed by atoms with Gasteiger partial charge < -0.3 is 5.73 Å². The van der Waals surface area contributed by atoms with Gasteiger partial charge in [-0.05, 0) is 17.7 Å². The SMILES string of the molecule is N/C(=N\N=C\c1ccc(Cl)cc1)S(=O)O. The molecule has 5 nitrogen and oxygen atoms in total. The topological polar surface area (TPSA) is 88.0 Å². The van der Waals surface area contributed by atoms with E-state index in [1.807, 2.05) is 0 Å². The molecule has 15 heavy (non-hydrogen) atoms. The second kappa shape index (κ2) is 5.59. The molecule has 0 saturated carbocycles. The van der Waals surface area contributed by atoms with Crippen LogP contribution in [-0.4, -0.2) is 20.1 Å². The van der Waals surface area contributed by atoms with Gasteiger partial charge in [0.1, 0.15) is 0 Å². The quantitative estimate of drug-likeness (QED) is 0.355. The third-order valence-electron chi connectivity index (χ3n) is 1.41. The van der Waals surface area contributed by atoms with E-state index in [1.165, 1.54) is 6.21 Å². The Labute approximate surface area is 93.9 Å². The van der Waals surface area contributed by atoms with Gasteiger partial charge >= 0.3 is 0 Å². The van der Waals surface area contributed by atoms with E-state index in [4.69, 9.17) is 21.9 Å². The van der Waals surface area contributed by atoms with E-state index < -0.39 is 16.2 Å². The van der Waals surface area contributed by atoms with Crippen LogP contribution in [-0.2, 0) is 11.1 Å². The summed E-state index contributed by atoms with van der Waals surface area (Å²) in [4.78, 5) is 0. The molecule has 1 rings (SSSR count). The van der Waals surface area contributed by atoms with Gasteiger partial charge in [0, 0.05) is 5.02 Å². The summed E-state index contributed by atoms with van der Waals surface area (Å²) < 4.78 is 18.8. The van der Waals surface area contributed by atoms with Crippen LogP contribution in [0.25, 0.3) is 0 Å². The summed E-state index contributed by atoms with van der Waals surface area (Å²) >= 11 is 3.39. The van der Waals surface area contributed by atoms with Crippen molar-refractivity contribution in [1.82, 2.24) is 0 Å². The maximum atomic E-state index is 10.4. The van der Waals surface area contributed by atoms with E-state index >= 15 is 0 Å². The Morgan fingerprint density at radius 2 is 2.07 bits per heavy atom. The number of halogens is 1. The molecular weight excluding hydrogens is 238 g/mol. The molecule has 0 aliphatic rings. The van der Waals surface area contributed by atoms with Crippen LogP contribution >= 0.6 is 11.6 Å². The first-order valence-electron chi connectivity index (χ1n) is 3.82. The largest absolute Gasteiger partial charge is 0.373 e. The van der Waals surface area contributed by atoms with Crippen molar-refractivity contribution in [3.63, 3.8) is 0 Å². The third-order valence-corrected chi connectivity index (χ3v) is 2.10. The minimum Gasteiger partial charge on any atom is -0.373 e. The number of benzene rings is 1. The second-order valence-corrected chi connectivity index (χ2v) is 3.84. The molecule has 0 aromatic heterocycles. The monoisotopic (exact) mass is 245 g/mol. The average Bonchev–Trinajstić information content (AvgIpc) is 2.20. The molecule has 0 aliphatic carbocycles. The van der Waals surface area contributed by atoms with Gasteiger partial charge in [0.2, 0.25) is 16.2 Å². The minimum absolute atomic E-state index is 0.444. The van der Waals surface area contributed by atoms with Gasteiger partial charge in [-0.25, -0.2) is 4.21 Å². The number of nitrogens with two attached hydrogens (primary N) is 1. The summed E-state index contributed by atoms with van der Waals surface area (Å²) in [5.41, 5.74) is 5.83. The lowest BCUT2D eigenvalue weighted by atomic mass is 10.2. The molecule has 0 radical (unpaired) electrons. The first-order valence-corrected chi connectivity index (χ1v) is 5.31. The van der Waals surface area contributed by atoms with Gasteiger partial charge in [-0.15, -0.1) is 5.10 Å². The smallest absolute Gasteiger partial charge is 0.238 e. The van der Waals surface area contributed by atoms with Crippen molar-refractivity contribution in [2.45, 2.75) is 0 Å². The highest BCUT2D eigenvalue weighted by molar-refractivity contribution is 7.95. The first kappa shape index (κ1) is 11.8. The summed E-state index contributed by atoms with van der Waals surface area (Å²) in [6, 6.07) is 6.85. The van der Waals surface area contributed by atoms with Gasteiger partial charge in [0.25, 0.3) is 0 Å². The Balaban J connectivity index is 2.70. The normalized spacial score (nSPS) is 14.4. The standard InChI is InChI=1S/C8H8ClN3O2S/c9-7-3-1-6(2-4-7)5-11-12-8(10)15(13)14/h1-5H,(H2,10,12)(H,13,14)/b11-5+. The molecule has 0 fully saturated rings. The fourth-order valence-electron chi connectivity index (χ4n) is 0.736. The highest BCUT2D eigenvalue weighted by Gasteiger charge is 1.96. The summed E-state index contributed by atoms with van der Waals surface area (Å²) in [6.45, 7) is 0. The highest BCUT2D eigenvalue weighted by atomic mass is 35.5. The lowest BCUT2D eigenvalue weighted by Gasteiger charge is -1.91. The zero-order chi connectivity index (χ0) is 11.3. The molecule has 0 bridgehead atoms. The molecule has 0 amide bonds. The van der Waals surface area contributed by atoms with Crippen molar-refractivity contribution in [1.29, 1.82) is 0 Å². The van der Waals surface area contributed by atoms with Gasteiger partial charge in [0.15, 0.2) is 0 Å². The zero-order valence-corrected chi connectivity index (χ0v) is 9.07. The van der Waals surface area contributed by atoms with E-state index in [0.29, 0.717) is 5.02 Å². The minimum atomic E-state index is -2.28. The van der Waals surface area contributed by atoms with Crippen molar-refractivity contribution in [3.05, 3.63) is 34.9 Å². The molecule has 1 atom stereocenters. The van der Waals surface area contributed by atoms with Gasteiger partial charge in [0.05, 0.1) is 6.21 Å². The average molecular weight is 246 g/mol. The van der Waals surface area contributed by atoms with Crippen LogP contribution < -0.4 is 5.73 Å². The number of rotatable bonds is 2. The van der Waals surface area contributed by atoms with Crippen LogP contribution in [0.4, 0.5) is 0 Å². The van der Waals surface area contributed by atoms with E-state index in [1.54, 1.807) is 24.3 Å². The van der Waals surface area contributed by atoms with E-state index in [2.05, 4.69) is 10.2 Å². The van der Waals surface area contributed by atoms with Crippen LogP contribution in [0.3, 0.4) is 0 Å². The fraction of sp³-hybridized carbons (Fsp3) is 0. The Hall–Kier alpha value is -1.24. The molecule has 1 aromatic carbocycles. The zero-order valence-electron chi connectivity index (χ0n) is 7.50. The molecule has 0 aliphatic heterocycles. The predicted molar refractivity (Wildman–Crippen MR) is 61.4 cm³/mol. The lowest BCUT2D eigenvalue weighted by Crippen LogP contribution is -2.16. The highest BCUT2D eigenvalue weighted by Crippen LogP contribution is 2.07. The second-order valence-electron chi connectivity index (χ2n) is 2.48. The summed E-state index contributed by atoms with van der Waals surface area (Å²) in [7, 11) is 0. The van der Waals surface area contributed by atoms with Gasteiger partial charge in [-0.3, -0.25) is 4.55 Å². The first-order chi connectivity index (χ1) is 7.09.